The molecule has 0 aliphatic heterocycles. The Morgan fingerprint density at radius 2 is 2.43 bits per heavy atom. The van der Waals surface area contributed by atoms with Gasteiger partial charge in [-0.25, -0.2) is 0 Å². The predicted octanol–water partition coefficient (Wildman–Crippen LogP) is -3.63. The first kappa shape index (κ1) is 7.65. The van der Waals surface area contributed by atoms with Crippen LogP contribution in [0.2, 0.25) is 0 Å². The van der Waals surface area contributed by atoms with Crippen molar-refractivity contribution in [3.05, 3.63) is 0 Å². The van der Waals surface area contributed by atoms with Crippen LogP contribution in [-0.2, 0) is 0 Å². The zero-order chi connectivity index (χ0) is 5.70. The molecule has 2 nitrogen and oxygen atoms in total. The number of rotatable bonds is 3. The van der Waals surface area contributed by atoms with Crippen LogP contribution < -0.4 is 26.9 Å². The molecule has 0 radical (unpaired) electrons. The predicted molar refractivity (Wildman–Crippen MR) is 25.6 cm³/mol. The quantitative estimate of drug-likeness (QED) is 0.378. The average molecular weight is 216 g/mol. The van der Waals surface area contributed by atoms with Gasteiger partial charge < -0.3 is 0 Å². The van der Waals surface area contributed by atoms with E-state index in [0.29, 0.717) is 10.7 Å². The number of aliphatic hydroxyl groups excluding tert-OH is 1. The third-order valence-corrected chi connectivity index (χ3v) is 2.93. The molecule has 0 spiro atoms. The molecule has 0 aliphatic carbocycles. The number of aliphatic hydroxyl groups is 1. The molecule has 0 bridgehead atoms. The Bertz CT molecular complexity index is 40.7. The van der Waals surface area contributed by atoms with Crippen molar-refractivity contribution in [3.8, 4) is 0 Å². The van der Waals surface area contributed by atoms with Crippen molar-refractivity contribution in [2.75, 3.05) is 9.04 Å². The van der Waals surface area contributed by atoms with Gasteiger partial charge in [-0.3, -0.25) is 0 Å². The molecule has 0 heterocycles. The SMILES string of the molecule is C[C@H](N)C[I-]CO. The monoisotopic (exact) mass is 216 g/mol. The van der Waals surface area contributed by atoms with Crippen molar-refractivity contribution in [1.29, 1.82) is 0 Å². The number of nitrogens with two attached hydrogens (primary N) is 1. The van der Waals surface area contributed by atoms with Crippen LogP contribution in [0.5, 0.6) is 0 Å². The van der Waals surface area contributed by atoms with Gasteiger partial charge in [0.1, 0.15) is 0 Å². The summed E-state index contributed by atoms with van der Waals surface area (Å²) in [5, 5.41) is 8.31. The molecule has 0 fully saturated rings. The minimum absolute atomic E-state index is 0.0182. The van der Waals surface area contributed by atoms with E-state index >= 15 is 0 Å². The van der Waals surface area contributed by atoms with E-state index < -0.39 is 0 Å². The summed E-state index contributed by atoms with van der Waals surface area (Å²) >= 11 is 0.0182. The van der Waals surface area contributed by atoms with Gasteiger partial charge in [-0.2, -0.15) is 0 Å². The van der Waals surface area contributed by atoms with Gasteiger partial charge in [-0.1, -0.05) is 0 Å². The van der Waals surface area contributed by atoms with Gasteiger partial charge in [0, 0.05) is 0 Å². The fraction of sp³-hybridized carbons (Fsp3) is 1.00. The number of halogens is 1. The Kier molecular flexibility index (Phi) is 5.25. The molecule has 3 N–H and O–H groups in total. The second-order valence-corrected chi connectivity index (χ2v) is 4.08. The van der Waals surface area contributed by atoms with Crippen LogP contribution in [0.25, 0.3) is 0 Å². The van der Waals surface area contributed by atoms with E-state index in [1.807, 2.05) is 6.92 Å². The molecule has 0 unspecified atom stereocenters. The summed E-state index contributed by atoms with van der Waals surface area (Å²) in [6.07, 6.45) is 0. The molecule has 0 amide bonds. The van der Waals surface area contributed by atoms with Crippen molar-refractivity contribution in [2.24, 2.45) is 5.73 Å². The third kappa shape index (κ3) is 6.65. The molecule has 1 atom stereocenters. The van der Waals surface area contributed by atoms with Crippen LogP contribution in [0.15, 0.2) is 0 Å². The minimum atomic E-state index is 0.0182. The summed E-state index contributed by atoms with van der Waals surface area (Å²) < 4.78 is 1.41. The maximum atomic E-state index is 8.31. The molecule has 7 heavy (non-hydrogen) atoms. The molecule has 0 saturated carbocycles. The van der Waals surface area contributed by atoms with E-state index in [0.717, 1.165) is 4.43 Å². The van der Waals surface area contributed by atoms with Crippen molar-refractivity contribution >= 4 is 0 Å². The maximum absolute atomic E-state index is 8.31. The molecule has 0 rings (SSSR count). The summed E-state index contributed by atoms with van der Waals surface area (Å²) in [6.45, 7) is 1.97. The normalized spacial score (nSPS) is 14.7. The molecular formula is C4H11INO-. The Balaban J connectivity index is 2.68. The summed E-state index contributed by atoms with van der Waals surface area (Å²) in [5.74, 6) is 0. The van der Waals surface area contributed by atoms with Gasteiger partial charge in [-0.15, -0.1) is 0 Å². The first-order valence-corrected chi connectivity index (χ1v) is 5.22. The van der Waals surface area contributed by atoms with E-state index in [-0.39, 0.29) is 21.2 Å². The molecule has 3 heteroatoms. The molecule has 0 saturated heterocycles. The van der Waals surface area contributed by atoms with Crippen LogP contribution in [0, 0.1) is 0 Å². The van der Waals surface area contributed by atoms with Crippen molar-refractivity contribution in [3.63, 3.8) is 0 Å². The van der Waals surface area contributed by atoms with E-state index in [9.17, 15) is 0 Å². The fourth-order valence-electron chi connectivity index (χ4n) is 0.221. The summed E-state index contributed by atoms with van der Waals surface area (Å²) in [5.41, 5.74) is 5.39. The second-order valence-electron chi connectivity index (χ2n) is 1.44. The Morgan fingerprint density at radius 1 is 1.86 bits per heavy atom. The second kappa shape index (κ2) is 4.80. The zero-order valence-corrected chi connectivity index (χ0v) is 6.55. The Labute approximate surface area is 54.4 Å². The van der Waals surface area contributed by atoms with Crippen molar-refractivity contribution in [1.82, 2.24) is 0 Å². The molecule has 0 aliphatic rings. The van der Waals surface area contributed by atoms with E-state index in [1.54, 1.807) is 0 Å². The molecule has 0 aromatic heterocycles. The van der Waals surface area contributed by atoms with Crippen molar-refractivity contribution < 1.29 is 26.3 Å². The Hall–Kier alpha value is 0.650. The van der Waals surface area contributed by atoms with E-state index in [1.165, 1.54) is 0 Å². The summed E-state index contributed by atoms with van der Waals surface area (Å²) in [4.78, 5) is 0. The van der Waals surface area contributed by atoms with Crippen LogP contribution in [0.4, 0.5) is 0 Å². The number of alkyl halides is 2. The Morgan fingerprint density at radius 3 is 2.57 bits per heavy atom. The van der Waals surface area contributed by atoms with Gasteiger partial charge in [0.15, 0.2) is 0 Å². The molecule has 46 valence electrons. The van der Waals surface area contributed by atoms with Gasteiger partial charge in [0.25, 0.3) is 0 Å². The third-order valence-electron chi connectivity index (χ3n) is 0.437. The van der Waals surface area contributed by atoms with Crippen LogP contribution in [0.3, 0.4) is 0 Å². The van der Waals surface area contributed by atoms with Gasteiger partial charge >= 0.3 is 54.1 Å². The standard InChI is InChI=1S/C4H11INO/c1-4(6)2-5-3-7/h4,7H,2-3,6H2,1H3/q-1/t4-/m0/s1. The number of hydrogen-bond acceptors (Lipinski definition) is 2. The molecule has 0 aromatic rings. The fourth-order valence-corrected chi connectivity index (χ4v) is 1.48. The van der Waals surface area contributed by atoms with Gasteiger partial charge in [-0.05, 0) is 0 Å². The van der Waals surface area contributed by atoms with Crippen LogP contribution >= 0.6 is 0 Å². The zero-order valence-electron chi connectivity index (χ0n) is 4.39. The summed E-state index contributed by atoms with van der Waals surface area (Å²) in [6, 6.07) is 0.292. The van der Waals surface area contributed by atoms with Gasteiger partial charge in [0.05, 0.1) is 0 Å². The topological polar surface area (TPSA) is 46.2 Å². The molecular weight excluding hydrogens is 205 g/mol. The molecule has 0 aromatic carbocycles. The van der Waals surface area contributed by atoms with Crippen LogP contribution in [0.1, 0.15) is 6.92 Å². The van der Waals surface area contributed by atoms with Gasteiger partial charge in [0.2, 0.25) is 0 Å². The van der Waals surface area contributed by atoms with E-state index in [4.69, 9.17) is 10.8 Å². The average Bonchev–Trinajstić information content (AvgIpc) is 1.61. The number of hydrogen-bond donors (Lipinski definition) is 2. The summed E-state index contributed by atoms with van der Waals surface area (Å²) in [7, 11) is 0. The van der Waals surface area contributed by atoms with E-state index in [2.05, 4.69) is 0 Å². The van der Waals surface area contributed by atoms with Crippen molar-refractivity contribution in [2.45, 2.75) is 13.0 Å². The first-order valence-electron chi connectivity index (χ1n) is 2.17. The first-order chi connectivity index (χ1) is 3.27. The van der Waals surface area contributed by atoms with Crippen LogP contribution in [-0.4, -0.2) is 20.2 Å².